The van der Waals surface area contributed by atoms with Crippen LogP contribution < -0.4 is 5.56 Å². The second-order valence-electron chi connectivity index (χ2n) is 6.03. The van der Waals surface area contributed by atoms with E-state index in [1.807, 2.05) is 11.9 Å². The van der Waals surface area contributed by atoms with E-state index in [0.717, 1.165) is 5.56 Å². The van der Waals surface area contributed by atoms with Crippen LogP contribution in [0.25, 0.3) is 10.9 Å². The number of aromatic nitrogens is 2. The number of esters is 1. The Labute approximate surface area is 149 Å². The fourth-order valence-electron chi connectivity index (χ4n) is 2.72. The number of hydrogen-bond donors (Lipinski definition) is 1. The van der Waals surface area contributed by atoms with Gasteiger partial charge in [0, 0.05) is 6.54 Å². The highest BCUT2D eigenvalue weighted by molar-refractivity contribution is 5.93. The Morgan fingerprint density at radius 3 is 2.62 bits per heavy atom. The average Bonchev–Trinajstić information content (AvgIpc) is 2.62. The number of H-pyrrole nitrogens is 1. The molecule has 0 aliphatic carbocycles. The van der Waals surface area contributed by atoms with E-state index in [4.69, 9.17) is 4.74 Å². The van der Waals surface area contributed by atoms with Crippen molar-refractivity contribution in [1.82, 2.24) is 14.9 Å². The number of methoxy groups -OCH3 is 1. The van der Waals surface area contributed by atoms with Gasteiger partial charge < -0.3 is 9.72 Å². The monoisotopic (exact) mass is 355 g/mol. The summed E-state index contributed by atoms with van der Waals surface area (Å²) in [5.74, 6) is -0.281. The second-order valence-corrected chi connectivity index (χ2v) is 6.03. The van der Waals surface area contributed by atoms with E-state index < -0.39 is 5.97 Å². The normalized spacial score (nSPS) is 11.1. The number of fused-ring (bicyclic) bond motifs is 1. The number of aromatic amines is 1. The number of benzene rings is 2. The van der Waals surface area contributed by atoms with E-state index in [2.05, 4.69) is 9.97 Å². The van der Waals surface area contributed by atoms with Crippen molar-refractivity contribution in [1.29, 1.82) is 0 Å². The molecule has 1 heterocycles. The van der Waals surface area contributed by atoms with Gasteiger partial charge in [-0.1, -0.05) is 12.1 Å². The predicted molar refractivity (Wildman–Crippen MR) is 95.3 cm³/mol. The Kier molecular flexibility index (Phi) is 5.09. The zero-order chi connectivity index (χ0) is 18.7. The van der Waals surface area contributed by atoms with Crippen molar-refractivity contribution in [2.24, 2.45) is 0 Å². The Balaban J connectivity index is 1.83. The van der Waals surface area contributed by atoms with E-state index in [1.165, 1.54) is 25.3 Å². The molecular weight excluding hydrogens is 337 g/mol. The first-order chi connectivity index (χ1) is 12.5. The lowest BCUT2D eigenvalue weighted by Crippen LogP contribution is -2.22. The van der Waals surface area contributed by atoms with Crippen molar-refractivity contribution in [3.63, 3.8) is 0 Å². The van der Waals surface area contributed by atoms with Crippen LogP contribution in [0, 0.1) is 5.82 Å². The van der Waals surface area contributed by atoms with Crippen LogP contribution >= 0.6 is 0 Å². The Morgan fingerprint density at radius 1 is 1.19 bits per heavy atom. The van der Waals surface area contributed by atoms with Crippen molar-refractivity contribution in [2.75, 3.05) is 14.2 Å². The van der Waals surface area contributed by atoms with Crippen molar-refractivity contribution < 1.29 is 13.9 Å². The van der Waals surface area contributed by atoms with Crippen LogP contribution in [-0.2, 0) is 17.8 Å². The number of rotatable bonds is 5. The Hall–Kier alpha value is -3.06. The van der Waals surface area contributed by atoms with Crippen LogP contribution in [-0.4, -0.2) is 35.0 Å². The second kappa shape index (κ2) is 7.45. The third kappa shape index (κ3) is 3.94. The molecule has 0 amide bonds. The van der Waals surface area contributed by atoms with Gasteiger partial charge in [-0.25, -0.2) is 14.2 Å². The molecule has 0 atom stereocenters. The van der Waals surface area contributed by atoms with Gasteiger partial charge in [0.15, 0.2) is 0 Å². The van der Waals surface area contributed by atoms with Gasteiger partial charge in [-0.15, -0.1) is 0 Å². The maximum Gasteiger partial charge on any atom is 0.337 e. The molecule has 134 valence electrons. The molecule has 1 aromatic heterocycles. The minimum absolute atomic E-state index is 0.267. The third-order valence-electron chi connectivity index (χ3n) is 3.96. The maximum absolute atomic E-state index is 13.0. The van der Waals surface area contributed by atoms with Crippen LogP contribution in [0.2, 0.25) is 0 Å². The first kappa shape index (κ1) is 17.8. The molecule has 2 aromatic carbocycles. The molecule has 0 radical (unpaired) electrons. The summed E-state index contributed by atoms with van der Waals surface area (Å²) in [5, 5.41) is 0.405. The van der Waals surface area contributed by atoms with Gasteiger partial charge in [-0.3, -0.25) is 9.69 Å². The molecule has 0 aliphatic heterocycles. The number of nitrogens with zero attached hydrogens (tertiary/aromatic N) is 2. The molecule has 26 heavy (non-hydrogen) atoms. The number of halogens is 1. The topological polar surface area (TPSA) is 75.3 Å². The fourth-order valence-corrected chi connectivity index (χ4v) is 2.72. The molecule has 0 saturated heterocycles. The highest BCUT2D eigenvalue weighted by Crippen LogP contribution is 2.13. The van der Waals surface area contributed by atoms with Crippen LogP contribution in [0.15, 0.2) is 47.3 Å². The maximum atomic E-state index is 13.0. The zero-order valence-electron chi connectivity index (χ0n) is 14.5. The van der Waals surface area contributed by atoms with Gasteiger partial charge in [-0.05, 0) is 42.9 Å². The van der Waals surface area contributed by atoms with Crippen LogP contribution in [0.1, 0.15) is 21.7 Å². The van der Waals surface area contributed by atoms with E-state index >= 15 is 0 Å². The molecule has 3 aromatic rings. The number of carbonyl (C=O) groups is 1. The van der Waals surface area contributed by atoms with E-state index in [0.29, 0.717) is 35.4 Å². The molecule has 0 saturated carbocycles. The summed E-state index contributed by atoms with van der Waals surface area (Å²) >= 11 is 0. The van der Waals surface area contributed by atoms with E-state index in [9.17, 15) is 14.0 Å². The summed E-state index contributed by atoms with van der Waals surface area (Å²) in [5.41, 5.74) is 1.45. The minimum atomic E-state index is -0.482. The highest BCUT2D eigenvalue weighted by Gasteiger charge is 2.11. The SMILES string of the molecule is COC(=O)c1ccc2c(=O)[nH]c(CN(C)Cc3ccc(F)cc3)nc2c1. The standard InChI is InChI=1S/C19H18FN3O3/c1-23(10-12-3-6-14(20)7-4-12)11-17-21-16-9-13(19(25)26-2)5-8-15(16)18(24)22-17/h3-9H,10-11H2,1-2H3,(H,21,22,24). The van der Waals surface area contributed by atoms with Crippen LogP contribution in [0.3, 0.4) is 0 Å². The number of nitrogens with one attached hydrogen (secondary N) is 1. The molecule has 1 N–H and O–H groups in total. The summed E-state index contributed by atoms with van der Waals surface area (Å²) in [4.78, 5) is 33.1. The van der Waals surface area contributed by atoms with Crippen LogP contribution in [0.4, 0.5) is 4.39 Å². The van der Waals surface area contributed by atoms with Gasteiger partial charge >= 0.3 is 5.97 Å². The summed E-state index contributed by atoms with van der Waals surface area (Å²) in [6.07, 6.45) is 0. The van der Waals surface area contributed by atoms with Gasteiger partial charge in [0.1, 0.15) is 11.6 Å². The van der Waals surface area contributed by atoms with E-state index in [-0.39, 0.29) is 11.4 Å². The summed E-state index contributed by atoms with van der Waals surface area (Å²) in [7, 11) is 3.17. The van der Waals surface area contributed by atoms with Gasteiger partial charge in [0.2, 0.25) is 0 Å². The molecule has 0 spiro atoms. The summed E-state index contributed by atoms with van der Waals surface area (Å²) in [6.45, 7) is 0.967. The molecule has 0 aliphatic rings. The Morgan fingerprint density at radius 2 is 1.92 bits per heavy atom. The number of hydrogen-bond acceptors (Lipinski definition) is 5. The largest absolute Gasteiger partial charge is 0.465 e. The lowest BCUT2D eigenvalue weighted by atomic mass is 10.1. The smallest absolute Gasteiger partial charge is 0.337 e. The summed E-state index contributed by atoms with van der Waals surface area (Å²) < 4.78 is 17.7. The van der Waals surface area contributed by atoms with Gasteiger partial charge in [-0.2, -0.15) is 0 Å². The lowest BCUT2D eigenvalue weighted by Gasteiger charge is -2.16. The summed E-state index contributed by atoms with van der Waals surface area (Å²) in [6, 6.07) is 10.9. The molecule has 7 heteroatoms. The van der Waals surface area contributed by atoms with Gasteiger partial charge in [0.05, 0.1) is 30.1 Å². The quantitative estimate of drug-likeness (QED) is 0.712. The lowest BCUT2D eigenvalue weighted by molar-refractivity contribution is 0.0601. The molecule has 6 nitrogen and oxygen atoms in total. The molecule has 0 fully saturated rings. The Bertz CT molecular complexity index is 999. The third-order valence-corrected chi connectivity index (χ3v) is 3.96. The molecule has 0 bridgehead atoms. The number of carbonyl (C=O) groups excluding carboxylic acids is 1. The first-order valence-corrected chi connectivity index (χ1v) is 8.00. The van der Waals surface area contributed by atoms with Crippen molar-refractivity contribution in [3.05, 3.63) is 75.6 Å². The van der Waals surface area contributed by atoms with Gasteiger partial charge in [0.25, 0.3) is 5.56 Å². The first-order valence-electron chi connectivity index (χ1n) is 8.00. The number of ether oxygens (including phenoxy) is 1. The van der Waals surface area contributed by atoms with Crippen molar-refractivity contribution in [3.8, 4) is 0 Å². The molecular formula is C19H18FN3O3. The molecule has 3 rings (SSSR count). The van der Waals surface area contributed by atoms with E-state index in [1.54, 1.807) is 24.3 Å². The van der Waals surface area contributed by atoms with Crippen LogP contribution in [0.5, 0.6) is 0 Å². The van der Waals surface area contributed by atoms with Crippen molar-refractivity contribution >= 4 is 16.9 Å². The fraction of sp³-hybridized carbons (Fsp3) is 0.211. The molecule has 0 unspecified atom stereocenters. The zero-order valence-corrected chi connectivity index (χ0v) is 14.5. The van der Waals surface area contributed by atoms with Crippen molar-refractivity contribution in [2.45, 2.75) is 13.1 Å². The minimum Gasteiger partial charge on any atom is -0.465 e. The average molecular weight is 355 g/mol. The predicted octanol–water partition coefficient (Wildman–Crippen LogP) is 2.48. The highest BCUT2D eigenvalue weighted by atomic mass is 19.1.